The molecule has 1 heterocycles. The lowest BCUT2D eigenvalue weighted by molar-refractivity contribution is 0.601. The minimum Gasteiger partial charge on any atom is -0.276 e. The molecule has 0 bridgehead atoms. The second kappa shape index (κ2) is 5.27. The van der Waals surface area contributed by atoms with Gasteiger partial charge in [-0.1, -0.05) is 29.3 Å². The highest BCUT2D eigenvalue weighted by atomic mass is 35.5. The van der Waals surface area contributed by atoms with Gasteiger partial charge in [-0.3, -0.25) is 9.40 Å². The molecule has 1 aromatic carbocycles. The van der Waals surface area contributed by atoms with Gasteiger partial charge >= 0.3 is 0 Å². The fourth-order valence-corrected chi connectivity index (χ4v) is 3.74. The number of hydrogen-bond acceptors (Lipinski definition) is 3. The second-order valence-electron chi connectivity index (χ2n) is 4.33. The summed E-state index contributed by atoms with van der Waals surface area (Å²) in [5, 5.41) is 4.35. The van der Waals surface area contributed by atoms with Crippen molar-refractivity contribution >= 4 is 38.9 Å². The molecule has 0 aliphatic rings. The molecule has 0 unspecified atom stereocenters. The lowest BCUT2D eigenvalue weighted by Gasteiger charge is -2.10. The Bertz CT molecular complexity index is 769. The van der Waals surface area contributed by atoms with Crippen LogP contribution >= 0.6 is 23.2 Å². The maximum atomic E-state index is 12.4. The standard InChI is InChI=1S/C12H13Cl2N3O2S/c1-7-12(8(2)17(3)15-7)16-20(18,19)10-6-4-5-9(13)11(10)14/h4-6,16H,1-3H3. The average molecular weight is 334 g/mol. The molecule has 0 aliphatic heterocycles. The molecule has 0 radical (unpaired) electrons. The van der Waals surface area contributed by atoms with Crippen molar-refractivity contribution in [3.63, 3.8) is 0 Å². The lowest BCUT2D eigenvalue weighted by atomic mass is 10.3. The molecule has 1 N–H and O–H groups in total. The van der Waals surface area contributed by atoms with E-state index >= 15 is 0 Å². The zero-order chi connectivity index (χ0) is 15.1. The van der Waals surface area contributed by atoms with Crippen LogP contribution in [0.1, 0.15) is 11.4 Å². The molecule has 0 amide bonds. The topological polar surface area (TPSA) is 64.0 Å². The normalized spacial score (nSPS) is 11.7. The lowest BCUT2D eigenvalue weighted by Crippen LogP contribution is -2.14. The fourth-order valence-electron chi connectivity index (χ4n) is 1.80. The van der Waals surface area contributed by atoms with E-state index in [2.05, 4.69) is 9.82 Å². The monoisotopic (exact) mass is 333 g/mol. The number of hydrogen-bond donors (Lipinski definition) is 1. The Hall–Kier alpha value is -1.24. The van der Waals surface area contributed by atoms with Crippen LogP contribution in [0.4, 0.5) is 5.69 Å². The number of nitrogens with one attached hydrogen (secondary N) is 1. The molecule has 2 rings (SSSR count). The molecule has 5 nitrogen and oxygen atoms in total. The molecular formula is C12H13Cl2N3O2S. The first-order valence-electron chi connectivity index (χ1n) is 5.71. The van der Waals surface area contributed by atoms with E-state index in [4.69, 9.17) is 23.2 Å². The average Bonchev–Trinajstić information content (AvgIpc) is 2.59. The van der Waals surface area contributed by atoms with Crippen LogP contribution in [0.2, 0.25) is 10.0 Å². The molecule has 0 atom stereocenters. The molecule has 108 valence electrons. The van der Waals surface area contributed by atoms with E-state index in [1.165, 1.54) is 18.2 Å². The van der Waals surface area contributed by atoms with Crippen LogP contribution < -0.4 is 4.72 Å². The number of nitrogens with zero attached hydrogens (tertiary/aromatic N) is 2. The maximum absolute atomic E-state index is 12.4. The summed E-state index contributed by atoms with van der Waals surface area (Å²) in [5.41, 5.74) is 1.75. The Labute approximate surface area is 127 Å². The van der Waals surface area contributed by atoms with Crippen molar-refractivity contribution in [2.24, 2.45) is 7.05 Å². The summed E-state index contributed by atoms with van der Waals surface area (Å²) in [5.74, 6) is 0. The van der Waals surface area contributed by atoms with E-state index in [1.54, 1.807) is 25.6 Å². The number of benzene rings is 1. The van der Waals surface area contributed by atoms with Crippen molar-refractivity contribution in [3.05, 3.63) is 39.6 Å². The summed E-state index contributed by atoms with van der Waals surface area (Å²) >= 11 is 11.8. The van der Waals surface area contributed by atoms with Gasteiger partial charge in [-0.05, 0) is 26.0 Å². The van der Waals surface area contributed by atoms with E-state index in [0.29, 0.717) is 17.1 Å². The molecule has 0 spiro atoms. The van der Waals surface area contributed by atoms with Crippen LogP contribution in [-0.4, -0.2) is 18.2 Å². The smallest absolute Gasteiger partial charge is 0.263 e. The predicted octanol–water partition coefficient (Wildman–Crippen LogP) is 3.14. The van der Waals surface area contributed by atoms with Crippen molar-refractivity contribution in [1.29, 1.82) is 0 Å². The van der Waals surface area contributed by atoms with Gasteiger partial charge in [0, 0.05) is 7.05 Å². The SMILES string of the molecule is Cc1nn(C)c(C)c1NS(=O)(=O)c1cccc(Cl)c1Cl. The van der Waals surface area contributed by atoms with Gasteiger partial charge in [0.15, 0.2) is 0 Å². The highest BCUT2D eigenvalue weighted by Crippen LogP contribution is 2.31. The molecule has 2 aromatic rings. The quantitative estimate of drug-likeness (QED) is 0.938. The molecule has 0 saturated carbocycles. The molecule has 1 aromatic heterocycles. The van der Waals surface area contributed by atoms with Crippen LogP contribution in [0.15, 0.2) is 23.1 Å². The van der Waals surface area contributed by atoms with Crippen LogP contribution in [0.3, 0.4) is 0 Å². The molecule has 0 saturated heterocycles. The Balaban J connectivity index is 2.49. The van der Waals surface area contributed by atoms with Crippen LogP contribution in [-0.2, 0) is 17.1 Å². The molecule has 0 fully saturated rings. The second-order valence-corrected chi connectivity index (χ2v) is 6.76. The summed E-state index contributed by atoms with van der Waals surface area (Å²) < 4.78 is 28.9. The number of anilines is 1. The number of aryl methyl sites for hydroxylation is 2. The molecule has 8 heteroatoms. The molecular weight excluding hydrogens is 321 g/mol. The van der Waals surface area contributed by atoms with E-state index in [9.17, 15) is 8.42 Å². The van der Waals surface area contributed by atoms with Gasteiger partial charge in [-0.2, -0.15) is 5.10 Å². The van der Waals surface area contributed by atoms with Gasteiger partial charge < -0.3 is 0 Å². The highest BCUT2D eigenvalue weighted by molar-refractivity contribution is 7.92. The van der Waals surface area contributed by atoms with E-state index in [0.717, 1.165) is 0 Å². The van der Waals surface area contributed by atoms with Crippen LogP contribution in [0.25, 0.3) is 0 Å². The Kier molecular flexibility index (Phi) is 4.00. The zero-order valence-electron chi connectivity index (χ0n) is 11.1. The minimum absolute atomic E-state index is 0.000799. The van der Waals surface area contributed by atoms with Gasteiger partial charge in [-0.15, -0.1) is 0 Å². The van der Waals surface area contributed by atoms with Gasteiger partial charge in [0.2, 0.25) is 0 Å². The van der Waals surface area contributed by atoms with E-state index < -0.39 is 10.0 Å². The Morgan fingerprint density at radius 2 is 1.90 bits per heavy atom. The van der Waals surface area contributed by atoms with E-state index in [-0.39, 0.29) is 14.9 Å². The third-order valence-electron chi connectivity index (χ3n) is 2.95. The Morgan fingerprint density at radius 3 is 2.45 bits per heavy atom. The third kappa shape index (κ3) is 2.63. The van der Waals surface area contributed by atoms with Gasteiger partial charge in [0.1, 0.15) is 4.90 Å². The van der Waals surface area contributed by atoms with Crippen LogP contribution in [0.5, 0.6) is 0 Å². The summed E-state index contributed by atoms with van der Waals surface area (Å²) in [7, 11) is -2.08. The largest absolute Gasteiger partial charge is 0.276 e. The number of rotatable bonds is 3. The van der Waals surface area contributed by atoms with Crippen molar-refractivity contribution in [2.75, 3.05) is 4.72 Å². The first-order chi connectivity index (χ1) is 9.24. The number of sulfonamides is 1. The first kappa shape index (κ1) is 15.2. The van der Waals surface area contributed by atoms with Gasteiger partial charge in [0.25, 0.3) is 10.0 Å². The summed E-state index contributed by atoms with van der Waals surface area (Å²) in [6.45, 7) is 3.50. The maximum Gasteiger partial charge on any atom is 0.263 e. The number of aromatic nitrogens is 2. The van der Waals surface area contributed by atoms with Crippen molar-refractivity contribution in [3.8, 4) is 0 Å². The highest BCUT2D eigenvalue weighted by Gasteiger charge is 2.22. The van der Waals surface area contributed by atoms with Crippen molar-refractivity contribution in [2.45, 2.75) is 18.7 Å². The zero-order valence-corrected chi connectivity index (χ0v) is 13.4. The van der Waals surface area contributed by atoms with Gasteiger partial charge in [-0.25, -0.2) is 8.42 Å². The summed E-state index contributed by atoms with van der Waals surface area (Å²) in [4.78, 5) is -0.0608. The minimum atomic E-state index is -3.82. The van der Waals surface area contributed by atoms with E-state index in [1.807, 2.05) is 0 Å². The van der Waals surface area contributed by atoms with Crippen LogP contribution in [0, 0.1) is 13.8 Å². The first-order valence-corrected chi connectivity index (χ1v) is 7.95. The Morgan fingerprint density at radius 1 is 1.25 bits per heavy atom. The summed E-state index contributed by atoms with van der Waals surface area (Å²) in [6, 6.07) is 4.47. The van der Waals surface area contributed by atoms with Crippen molar-refractivity contribution in [1.82, 2.24) is 9.78 Å². The molecule has 20 heavy (non-hydrogen) atoms. The third-order valence-corrected chi connectivity index (χ3v) is 5.27. The van der Waals surface area contributed by atoms with Gasteiger partial charge in [0.05, 0.1) is 27.1 Å². The number of halogens is 2. The van der Waals surface area contributed by atoms with Crippen molar-refractivity contribution < 1.29 is 8.42 Å². The molecule has 0 aliphatic carbocycles. The fraction of sp³-hybridized carbons (Fsp3) is 0.250. The predicted molar refractivity (Wildman–Crippen MR) is 80.0 cm³/mol. The summed E-state index contributed by atoms with van der Waals surface area (Å²) in [6.07, 6.45) is 0.